The molecule has 0 spiro atoms. The zero-order chi connectivity index (χ0) is 45.0. The van der Waals surface area contributed by atoms with Crippen LogP contribution in [0, 0.1) is 16.7 Å². The average Bonchev–Trinajstić information content (AvgIpc) is 3.50. The zero-order valence-corrected chi connectivity index (χ0v) is 37.3. The molecule has 0 aromatic rings. The lowest BCUT2D eigenvalue weighted by Gasteiger charge is -2.31. The smallest absolute Gasteiger partial charge is 0.326 e. The summed E-state index contributed by atoms with van der Waals surface area (Å²) < 4.78 is 22.4. The number of carboxylic acids is 2. The second-order valence-electron chi connectivity index (χ2n) is 17.8. The van der Waals surface area contributed by atoms with Gasteiger partial charge in [-0.2, -0.15) is 0 Å². The molecule has 60 heavy (non-hydrogen) atoms. The van der Waals surface area contributed by atoms with Crippen LogP contribution in [0.4, 0.5) is 0 Å². The highest BCUT2D eigenvalue weighted by Gasteiger charge is 2.35. The lowest BCUT2D eigenvalue weighted by atomic mass is 9.78. The molecule has 3 unspecified atom stereocenters. The van der Waals surface area contributed by atoms with Crippen LogP contribution < -0.4 is 10.6 Å². The van der Waals surface area contributed by atoms with Crippen molar-refractivity contribution in [2.75, 3.05) is 52.8 Å². The molecule has 4 atom stereocenters. The second kappa shape index (κ2) is 30.5. The Morgan fingerprint density at radius 2 is 1.15 bits per heavy atom. The topological polar surface area (TPSA) is 224 Å². The summed E-state index contributed by atoms with van der Waals surface area (Å²) in [6, 6.07) is -2.21. The fraction of sp³-hybridized carbons (Fsp3) is 0.841. The quantitative estimate of drug-likeness (QED) is 0.0460. The van der Waals surface area contributed by atoms with Crippen LogP contribution >= 0.6 is 0 Å². The Balaban J connectivity index is 2.14. The van der Waals surface area contributed by atoms with E-state index in [1.54, 1.807) is 6.29 Å². The lowest BCUT2D eigenvalue weighted by Crippen LogP contribution is -2.43. The van der Waals surface area contributed by atoms with Crippen LogP contribution in [0.3, 0.4) is 0 Å². The molecule has 1 fully saturated rings. The Bertz CT molecular complexity index is 1280. The highest BCUT2D eigenvalue weighted by Crippen LogP contribution is 2.31. The average molecular weight is 855 g/mol. The van der Waals surface area contributed by atoms with Crippen molar-refractivity contribution >= 4 is 41.9 Å². The summed E-state index contributed by atoms with van der Waals surface area (Å²) in [5.74, 6) is -3.67. The first-order chi connectivity index (χ1) is 28.4. The second-order valence-corrected chi connectivity index (χ2v) is 17.8. The number of carbonyl (C=O) groups is 6. The summed E-state index contributed by atoms with van der Waals surface area (Å²) >= 11 is 0. The monoisotopic (exact) mass is 855 g/mol. The van der Waals surface area contributed by atoms with Crippen molar-refractivity contribution in [2.24, 2.45) is 16.7 Å². The van der Waals surface area contributed by atoms with E-state index in [0.29, 0.717) is 13.0 Å². The van der Waals surface area contributed by atoms with E-state index in [-0.39, 0.29) is 113 Å². The number of rotatable bonds is 36. The van der Waals surface area contributed by atoms with E-state index in [1.807, 2.05) is 41.5 Å². The van der Waals surface area contributed by atoms with Crippen LogP contribution in [0.15, 0.2) is 0 Å². The van der Waals surface area contributed by atoms with Gasteiger partial charge in [0, 0.05) is 32.2 Å². The van der Waals surface area contributed by atoms with Crippen molar-refractivity contribution in [1.29, 1.82) is 0 Å². The number of carboxylic acid groups (broad SMARTS) is 2. The van der Waals surface area contributed by atoms with Gasteiger partial charge in [0.2, 0.25) is 29.9 Å². The molecule has 4 amide bonds. The highest BCUT2D eigenvalue weighted by atomic mass is 16.6. The predicted molar refractivity (Wildman–Crippen MR) is 225 cm³/mol. The van der Waals surface area contributed by atoms with Crippen molar-refractivity contribution in [1.82, 2.24) is 15.5 Å². The number of amides is 4. The van der Waals surface area contributed by atoms with Gasteiger partial charge in [-0.15, -0.1) is 0 Å². The summed E-state index contributed by atoms with van der Waals surface area (Å²) in [7, 11) is 0. The van der Waals surface area contributed by atoms with E-state index in [2.05, 4.69) is 10.6 Å². The number of carbonyl (C=O) groups excluding carboxylic acids is 5. The van der Waals surface area contributed by atoms with Gasteiger partial charge in [0.05, 0.1) is 58.3 Å². The Kier molecular flexibility index (Phi) is 27.8. The molecule has 16 heteroatoms. The van der Waals surface area contributed by atoms with Gasteiger partial charge in [-0.05, 0) is 30.1 Å². The van der Waals surface area contributed by atoms with Gasteiger partial charge in [-0.3, -0.25) is 33.7 Å². The van der Waals surface area contributed by atoms with Gasteiger partial charge in [0.25, 0.3) is 0 Å². The largest absolute Gasteiger partial charge is 0.481 e. The van der Waals surface area contributed by atoms with Gasteiger partial charge in [-0.25, -0.2) is 4.79 Å². The fourth-order valence-corrected chi connectivity index (χ4v) is 6.85. The number of hydrogen-bond acceptors (Lipinski definition) is 11. The molecule has 1 radical (unpaired) electrons. The van der Waals surface area contributed by atoms with E-state index in [4.69, 9.17) is 18.9 Å². The minimum absolute atomic E-state index is 0.0335. The SMILES string of the molecule is CC(C)(C)C(CNC(=O)CC[C@H](NC(=O)CCCCCCCCCCCCCC(C(=O)O)C(C)(C)C)C(=O)O)OCCOCCOCCOCC([C]=O)N1C(=O)CCC1=O. The number of unbranched alkanes of at least 4 members (excludes halogenated alkanes) is 10. The minimum atomic E-state index is -1.18. The maximum Gasteiger partial charge on any atom is 0.326 e. The molecule has 0 aromatic carbocycles. The molecule has 4 N–H and O–H groups in total. The van der Waals surface area contributed by atoms with Crippen molar-refractivity contribution in [2.45, 2.75) is 169 Å². The summed E-state index contributed by atoms with van der Waals surface area (Å²) in [4.78, 5) is 84.1. The Morgan fingerprint density at radius 1 is 0.650 bits per heavy atom. The van der Waals surface area contributed by atoms with E-state index in [0.717, 1.165) is 69.1 Å². The molecular formula is C44H76N3O13. The molecule has 0 aromatic heterocycles. The number of nitrogens with zero attached hydrogens (tertiary/aromatic N) is 1. The molecule has 345 valence electrons. The normalized spacial score (nSPS) is 15.4. The van der Waals surface area contributed by atoms with Crippen molar-refractivity contribution in [3.8, 4) is 0 Å². The third kappa shape index (κ3) is 24.7. The number of ether oxygens (including phenoxy) is 4. The molecule has 1 saturated heterocycles. The number of nitrogens with one attached hydrogen (secondary N) is 2. The molecule has 1 rings (SSSR count). The van der Waals surface area contributed by atoms with Gasteiger partial charge < -0.3 is 39.8 Å². The number of imide groups is 1. The number of likely N-dealkylation sites (tertiary alicyclic amines) is 1. The molecule has 0 saturated carbocycles. The molecule has 0 bridgehead atoms. The fourth-order valence-electron chi connectivity index (χ4n) is 6.85. The molecule has 16 nitrogen and oxygen atoms in total. The lowest BCUT2D eigenvalue weighted by molar-refractivity contribution is -0.146. The van der Waals surface area contributed by atoms with Crippen LogP contribution in [-0.4, -0.2) is 128 Å². The molecular weight excluding hydrogens is 778 g/mol. The first-order valence-electron chi connectivity index (χ1n) is 22.0. The van der Waals surface area contributed by atoms with Gasteiger partial charge in [-0.1, -0.05) is 106 Å². The van der Waals surface area contributed by atoms with Crippen molar-refractivity contribution < 1.29 is 62.7 Å². The van der Waals surface area contributed by atoms with Crippen molar-refractivity contribution in [3.63, 3.8) is 0 Å². The van der Waals surface area contributed by atoms with Crippen LogP contribution in [-0.2, 0) is 52.5 Å². The van der Waals surface area contributed by atoms with E-state index < -0.39 is 35.8 Å². The van der Waals surface area contributed by atoms with Crippen LogP contribution in [0.2, 0.25) is 0 Å². The first-order valence-corrected chi connectivity index (χ1v) is 22.0. The van der Waals surface area contributed by atoms with Crippen molar-refractivity contribution in [3.05, 3.63) is 0 Å². The standard InChI is InChI=1S/C44H76N3O13/c1-43(2,3)34(41(53)54)18-16-14-12-10-8-7-9-11-13-15-17-19-38(50)46-35(42(55)56)20-21-37(49)45-30-36(44(4,5)6)60-29-28-58-25-24-57-26-27-59-32-33(31-48)47-39(51)22-23-40(47)52/h33-36H,7-30,32H2,1-6H3,(H,45,49)(H,46,50)(H,53,54)(H,55,56)/t33?,34?,35-,36?/m0/s1. The maximum atomic E-state index is 12.7. The Labute approximate surface area is 357 Å². The van der Waals surface area contributed by atoms with E-state index >= 15 is 0 Å². The van der Waals surface area contributed by atoms with Crippen LogP contribution in [0.5, 0.6) is 0 Å². The molecule has 1 heterocycles. The molecule has 1 aliphatic heterocycles. The van der Waals surface area contributed by atoms with Crippen LogP contribution in [0.1, 0.15) is 151 Å². The Hall–Kier alpha value is -3.47. The third-order valence-electron chi connectivity index (χ3n) is 10.6. The molecule has 0 aliphatic carbocycles. The summed E-state index contributed by atoms with van der Waals surface area (Å²) in [6.45, 7) is 13.5. The number of aliphatic carboxylic acids is 2. The zero-order valence-electron chi connectivity index (χ0n) is 37.3. The van der Waals surface area contributed by atoms with Gasteiger partial charge in [0.15, 0.2) is 0 Å². The number of hydrogen-bond donors (Lipinski definition) is 4. The predicted octanol–water partition coefficient (Wildman–Crippen LogP) is 5.38. The summed E-state index contributed by atoms with van der Waals surface area (Å²) in [6.07, 6.45) is 13.8. The minimum Gasteiger partial charge on any atom is -0.481 e. The summed E-state index contributed by atoms with van der Waals surface area (Å²) in [5, 5.41) is 24.5. The first kappa shape index (κ1) is 54.5. The maximum absolute atomic E-state index is 12.7. The van der Waals surface area contributed by atoms with Crippen LogP contribution in [0.25, 0.3) is 0 Å². The van der Waals surface area contributed by atoms with E-state index in [9.17, 15) is 43.8 Å². The molecule has 1 aliphatic rings. The van der Waals surface area contributed by atoms with Gasteiger partial charge >= 0.3 is 11.9 Å². The van der Waals surface area contributed by atoms with E-state index in [1.165, 1.54) is 6.42 Å². The Morgan fingerprint density at radius 3 is 1.63 bits per heavy atom. The third-order valence-corrected chi connectivity index (χ3v) is 10.6. The van der Waals surface area contributed by atoms with Gasteiger partial charge in [0.1, 0.15) is 12.1 Å². The summed E-state index contributed by atoms with van der Waals surface area (Å²) in [5.41, 5.74) is -0.532. The highest BCUT2D eigenvalue weighted by molar-refractivity contribution is 6.04.